The summed E-state index contributed by atoms with van der Waals surface area (Å²) in [5.74, 6) is 0.923. The van der Waals surface area contributed by atoms with E-state index in [0.717, 1.165) is 24.4 Å². The summed E-state index contributed by atoms with van der Waals surface area (Å²) in [7, 11) is 0. The summed E-state index contributed by atoms with van der Waals surface area (Å²) in [6, 6.07) is 7.77. The van der Waals surface area contributed by atoms with Gasteiger partial charge >= 0.3 is 0 Å². The number of rotatable bonds is 1. The van der Waals surface area contributed by atoms with Crippen LogP contribution in [0.4, 0.5) is 0 Å². The minimum absolute atomic E-state index is 0.188. The Labute approximate surface area is 119 Å². The van der Waals surface area contributed by atoms with Crippen molar-refractivity contribution in [1.29, 1.82) is 0 Å². The number of piperidine rings is 1. The molecule has 1 aliphatic carbocycles. The number of halogens is 1. The molecule has 19 heavy (non-hydrogen) atoms. The zero-order chi connectivity index (χ0) is 13.2. The van der Waals surface area contributed by atoms with Gasteiger partial charge < -0.3 is 4.90 Å². The minimum Gasteiger partial charge on any atom is -0.335 e. The second-order valence-corrected chi connectivity index (χ2v) is 6.20. The van der Waals surface area contributed by atoms with Gasteiger partial charge in [-0.05, 0) is 55.9 Å². The molecule has 0 N–H and O–H groups in total. The predicted molar refractivity (Wildman–Crippen MR) is 77.5 cm³/mol. The molecule has 1 aliphatic heterocycles. The number of hydrogen-bond acceptors (Lipinski definition) is 1. The summed E-state index contributed by atoms with van der Waals surface area (Å²) < 4.78 is 0. The van der Waals surface area contributed by atoms with Gasteiger partial charge in [0.05, 0.1) is 0 Å². The van der Waals surface area contributed by atoms with Crippen LogP contribution < -0.4 is 0 Å². The lowest BCUT2D eigenvalue weighted by atomic mass is 9.78. The molecule has 0 bridgehead atoms. The maximum absolute atomic E-state index is 12.6. The Hall–Kier alpha value is -1.02. The van der Waals surface area contributed by atoms with E-state index in [2.05, 4.69) is 4.90 Å². The van der Waals surface area contributed by atoms with Crippen molar-refractivity contribution in [3.63, 3.8) is 0 Å². The van der Waals surface area contributed by atoms with E-state index in [0.29, 0.717) is 11.1 Å². The first-order chi connectivity index (χ1) is 9.25. The Kier molecular flexibility index (Phi) is 3.79. The van der Waals surface area contributed by atoms with Crippen LogP contribution in [0.15, 0.2) is 24.3 Å². The first-order valence-corrected chi connectivity index (χ1v) is 7.70. The Balaban J connectivity index is 1.79. The van der Waals surface area contributed by atoms with Gasteiger partial charge in [-0.25, -0.2) is 0 Å². The molecule has 1 aromatic carbocycles. The van der Waals surface area contributed by atoms with Gasteiger partial charge in [0.1, 0.15) is 0 Å². The lowest BCUT2D eigenvalue weighted by Gasteiger charge is -2.44. The standard InChI is InChI=1S/C16H20ClNO/c17-14-9-7-13(8-10-14)16(19)18-11-3-5-12-4-1-2-6-15(12)18/h7-10,12,15H,1-6,11H2. The second-order valence-electron chi connectivity index (χ2n) is 5.76. The molecule has 2 nitrogen and oxygen atoms in total. The third-order valence-corrected chi connectivity index (χ3v) is 4.85. The molecule has 0 radical (unpaired) electrons. The van der Waals surface area contributed by atoms with Crippen LogP contribution >= 0.6 is 11.6 Å². The topological polar surface area (TPSA) is 20.3 Å². The van der Waals surface area contributed by atoms with E-state index in [-0.39, 0.29) is 5.91 Å². The third kappa shape index (κ3) is 2.64. The number of amides is 1. The number of carbonyl (C=O) groups is 1. The molecule has 3 rings (SSSR count). The van der Waals surface area contributed by atoms with Gasteiger partial charge in [-0.1, -0.05) is 24.4 Å². The molecule has 1 saturated heterocycles. The molecule has 1 heterocycles. The molecule has 3 heteroatoms. The lowest BCUT2D eigenvalue weighted by molar-refractivity contribution is 0.0390. The molecule has 2 fully saturated rings. The minimum atomic E-state index is 0.188. The number of benzene rings is 1. The Morgan fingerprint density at radius 3 is 2.53 bits per heavy atom. The van der Waals surface area contributed by atoms with E-state index in [1.165, 1.54) is 32.1 Å². The highest BCUT2D eigenvalue weighted by molar-refractivity contribution is 6.30. The van der Waals surface area contributed by atoms with Crippen molar-refractivity contribution >= 4 is 17.5 Å². The van der Waals surface area contributed by atoms with E-state index in [1.807, 2.05) is 12.1 Å². The van der Waals surface area contributed by atoms with Crippen molar-refractivity contribution in [3.05, 3.63) is 34.9 Å². The van der Waals surface area contributed by atoms with Crippen molar-refractivity contribution < 1.29 is 4.79 Å². The average molecular weight is 278 g/mol. The smallest absolute Gasteiger partial charge is 0.254 e. The quantitative estimate of drug-likeness (QED) is 0.756. The predicted octanol–water partition coefficient (Wildman–Crippen LogP) is 4.13. The van der Waals surface area contributed by atoms with Gasteiger partial charge in [0.25, 0.3) is 5.91 Å². The van der Waals surface area contributed by atoms with Gasteiger partial charge in [-0.15, -0.1) is 0 Å². The molecule has 0 spiro atoms. The van der Waals surface area contributed by atoms with Crippen molar-refractivity contribution in [2.75, 3.05) is 6.54 Å². The third-order valence-electron chi connectivity index (χ3n) is 4.60. The number of likely N-dealkylation sites (tertiary alicyclic amines) is 1. The molecular weight excluding hydrogens is 258 g/mol. The van der Waals surface area contributed by atoms with Gasteiger partial charge in [0.2, 0.25) is 0 Å². The number of carbonyl (C=O) groups excluding carboxylic acids is 1. The monoisotopic (exact) mass is 277 g/mol. The second kappa shape index (κ2) is 5.54. The zero-order valence-electron chi connectivity index (χ0n) is 11.1. The first-order valence-electron chi connectivity index (χ1n) is 7.32. The Bertz CT molecular complexity index is 454. The van der Waals surface area contributed by atoms with Crippen LogP contribution in [-0.4, -0.2) is 23.4 Å². The zero-order valence-corrected chi connectivity index (χ0v) is 11.9. The molecule has 102 valence electrons. The van der Waals surface area contributed by atoms with E-state index in [9.17, 15) is 4.79 Å². The highest BCUT2D eigenvalue weighted by Gasteiger charge is 2.35. The van der Waals surface area contributed by atoms with Gasteiger partial charge in [0, 0.05) is 23.2 Å². The highest BCUT2D eigenvalue weighted by atomic mass is 35.5. The summed E-state index contributed by atoms with van der Waals surface area (Å²) in [6.45, 7) is 0.919. The highest BCUT2D eigenvalue weighted by Crippen LogP contribution is 2.35. The fourth-order valence-corrected chi connectivity index (χ4v) is 3.76. The van der Waals surface area contributed by atoms with Crippen molar-refractivity contribution in [2.45, 2.75) is 44.6 Å². The fourth-order valence-electron chi connectivity index (χ4n) is 3.64. The fraction of sp³-hybridized carbons (Fsp3) is 0.562. The largest absolute Gasteiger partial charge is 0.335 e. The summed E-state index contributed by atoms with van der Waals surface area (Å²) in [5.41, 5.74) is 0.774. The van der Waals surface area contributed by atoms with E-state index in [4.69, 9.17) is 11.6 Å². The van der Waals surface area contributed by atoms with Crippen LogP contribution in [0.5, 0.6) is 0 Å². The van der Waals surface area contributed by atoms with Gasteiger partial charge in [-0.2, -0.15) is 0 Å². The van der Waals surface area contributed by atoms with E-state index in [1.54, 1.807) is 12.1 Å². The summed E-state index contributed by atoms with van der Waals surface area (Å²) in [5, 5.41) is 0.686. The van der Waals surface area contributed by atoms with Crippen LogP contribution in [-0.2, 0) is 0 Å². The van der Waals surface area contributed by atoms with Crippen LogP contribution in [0.3, 0.4) is 0 Å². The average Bonchev–Trinajstić information content (AvgIpc) is 2.47. The maximum Gasteiger partial charge on any atom is 0.254 e. The van der Waals surface area contributed by atoms with E-state index >= 15 is 0 Å². The normalized spacial score (nSPS) is 26.9. The van der Waals surface area contributed by atoms with Crippen molar-refractivity contribution in [1.82, 2.24) is 4.90 Å². The SMILES string of the molecule is O=C(c1ccc(Cl)cc1)N1CCCC2CCCCC21. The molecule has 0 aromatic heterocycles. The Morgan fingerprint density at radius 1 is 1.05 bits per heavy atom. The molecule has 2 unspecified atom stereocenters. The van der Waals surface area contributed by atoms with Crippen LogP contribution in [0.2, 0.25) is 5.02 Å². The van der Waals surface area contributed by atoms with Gasteiger partial charge in [0.15, 0.2) is 0 Å². The number of hydrogen-bond donors (Lipinski definition) is 0. The summed E-state index contributed by atoms with van der Waals surface area (Å²) >= 11 is 5.89. The molecule has 2 atom stereocenters. The molecule has 2 aliphatic rings. The summed E-state index contributed by atoms with van der Waals surface area (Å²) in [6.07, 6.45) is 7.55. The van der Waals surface area contributed by atoms with Crippen LogP contribution in [0.1, 0.15) is 48.9 Å². The van der Waals surface area contributed by atoms with Crippen LogP contribution in [0.25, 0.3) is 0 Å². The number of fused-ring (bicyclic) bond motifs is 1. The van der Waals surface area contributed by atoms with Gasteiger partial charge in [-0.3, -0.25) is 4.79 Å². The number of nitrogens with zero attached hydrogens (tertiary/aromatic N) is 1. The van der Waals surface area contributed by atoms with E-state index < -0.39 is 0 Å². The molecular formula is C16H20ClNO. The van der Waals surface area contributed by atoms with Crippen molar-refractivity contribution in [3.8, 4) is 0 Å². The Morgan fingerprint density at radius 2 is 1.74 bits per heavy atom. The maximum atomic E-state index is 12.6. The first kappa shape index (κ1) is 13.0. The van der Waals surface area contributed by atoms with Crippen LogP contribution in [0, 0.1) is 5.92 Å². The summed E-state index contributed by atoms with van der Waals surface area (Å²) in [4.78, 5) is 14.8. The molecule has 1 amide bonds. The van der Waals surface area contributed by atoms with Crippen molar-refractivity contribution in [2.24, 2.45) is 5.92 Å². The lowest BCUT2D eigenvalue weighted by Crippen LogP contribution is -2.49. The molecule has 1 aromatic rings. The molecule has 1 saturated carbocycles.